The van der Waals surface area contributed by atoms with Crippen molar-refractivity contribution in [3.8, 4) is 0 Å². The molecule has 0 radical (unpaired) electrons. The van der Waals surface area contributed by atoms with E-state index in [-0.39, 0.29) is 19.5 Å². The summed E-state index contributed by atoms with van der Waals surface area (Å²) in [5, 5.41) is 0. The molecule has 0 amide bonds. The van der Waals surface area contributed by atoms with Gasteiger partial charge < -0.3 is 9.80 Å². The van der Waals surface area contributed by atoms with Crippen molar-refractivity contribution in [3.05, 3.63) is 24.3 Å². The van der Waals surface area contributed by atoms with Crippen LogP contribution in [0.2, 0.25) is 0 Å². The minimum atomic E-state index is 0. The number of allylic oxidation sites excluding steroid dienone is 4. The fourth-order valence-corrected chi connectivity index (χ4v) is 7.57. The van der Waals surface area contributed by atoms with Crippen LogP contribution >= 0.6 is 0 Å². The van der Waals surface area contributed by atoms with Crippen LogP contribution in [-0.4, -0.2) is 73.6 Å². The number of hydrogen-bond acceptors (Lipinski definition) is 4. The van der Waals surface area contributed by atoms with Crippen molar-refractivity contribution in [1.29, 1.82) is 0 Å². The third-order valence-electron chi connectivity index (χ3n) is 10.3. The summed E-state index contributed by atoms with van der Waals surface area (Å²) in [6, 6.07) is 1.66. The van der Waals surface area contributed by atoms with Crippen LogP contribution in [0, 0.1) is 0 Å². The summed E-state index contributed by atoms with van der Waals surface area (Å²) in [4.78, 5) is 14.8. The predicted molar refractivity (Wildman–Crippen MR) is 196 cm³/mol. The molecule has 45 heavy (non-hydrogen) atoms. The molecule has 0 fully saturated rings. The first-order chi connectivity index (χ1) is 21.9. The normalized spacial score (nSPS) is 27.1. The Morgan fingerprint density at radius 3 is 1.18 bits per heavy atom. The minimum Gasteiger partial charge on any atom is -0.300 e. The van der Waals surface area contributed by atoms with E-state index in [1.165, 1.54) is 193 Å². The van der Waals surface area contributed by atoms with Crippen molar-refractivity contribution in [3.63, 3.8) is 0 Å². The predicted octanol–water partition coefficient (Wildman–Crippen LogP) is 10.8. The largest absolute Gasteiger partial charge is 0.300 e. The van der Waals surface area contributed by atoms with Gasteiger partial charge in [0.05, 0.1) is 0 Å². The molecule has 4 rings (SSSR count). The van der Waals surface area contributed by atoms with Crippen LogP contribution in [-0.2, 0) is 19.5 Å². The van der Waals surface area contributed by atoms with Gasteiger partial charge in [0.15, 0.2) is 0 Å². The Labute approximate surface area is 293 Å². The molecule has 260 valence electrons. The second-order valence-corrected chi connectivity index (χ2v) is 14.0. The number of aliphatic imine (C=N–C) groups is 2. The molecule has 0 bridgehead atoms. The molecule has 4 aliphatic rings. The monoisotopic (exact) mass is 710 g/mol. The van der Waals surface area contributed by atoms with E-state index in [1.54, 1.807) is 0 Å². The van der Waals surface area contributed by atoms with E-state index < -0.39 is 0 Å². The first-order valence-electron chi connectivity index (χ1n) is 19.7. The van der Waals surface area contributed by atoms with Gasteiger partial charge in [-0.2, -0.15) is 0 Å². The van der Waals surface area contributed by atoms with E-state index >= 15 is 0 Å². The SMILES string of the molecule is C1=CCCCC(N2CCCCCC=NCCC2)CCCCC1.C1=CCCCC(N2CCCCCC=NCCC2)CCCCC1.[Ru]. The van der Waals surface area contributed by atoms with E-state index in [4.69, 9.17) is 0 Å². The Kier molecular flexibility index (Phi) is 26.6. The zero-order valence-corrected chi connectivity index (χ0v) is 31.1. The third kappa shape index (κ3) is 21.1. The van der Waals surface area contributed by atoms with Crippen LogP contribution in [0.1, 0.15) is 167 Å². The fraction of sp³-hybridized carbons (Fsp3) is 0.850. The van der Waals surface area contributed by atoms with Crippen LogP contribution in [0.4, 0.5) is 0 Å². The molecule has 2 atom stereocenters. The summed E-state index contributed by atoms with van der Waals surface area (Å²) in [6.45, 7) is 7.23. The maximum absolute atomic E-state index is 4.57. The first kappa shape index (κ1) is 40.5. The van der Waals surface area contributed by atoms with E-state index in [1.807, 2.05) is 0 Å². The zero-order chi connectivity index (χ0) is 30.6. The summed E-state index contributed by atoms with van der Waals surface area (Å²) in [5.74, 6) is 0. The number of rotatable bonds is 2. The Hall–Kier alpha value is -0.637. The van der Waals surface area contributed by atoms with E-state index in [0.29, 0.717) is 0 Å². The summed E-state index contributed by atoms with van der Waals surface area (Å²) < 4.78 is 0. The summed E-state index contributed by atoms with van der Waals surface area (Å²) >= 11 is 0. The van der Waals surface area contributed by atoms with Crippen molar-refractivity contribution < 1.29 is 19.5 Å². The molecular formula is C40H72N4Ru. The van der Waals surface area contributed by atoms with Crippen molar-refractivity contribution in [2.75, 3.05) is 39.3 Å². The first-order valence-corrected chi connectivity index (χ1v) is 19.7. The average Bonchev–Trinajstić information content (AvgIpc) is 3.22. The van der Waals surface area contributed by atoms with E-state index in [2.05, 4.69) is 56.5 Å². The topological polar surface area (TPSA) is 31.2 Å². The fourth-order valence-electron chi connectivity index (χ4n) is 7.57. The molecule has 0 N–H and O–H groups in total. The summed E-state index contributed by atoms with van der Waals surface area (Å²) in [7, 11) is 0. The molecule has 0 aromatic heterocycles. The Morgan fingerprint density at radius 1 is 0.356 bits per heavy atom. The molecule has 0 saturated heterocycles. The van der Waals surface area contributed by atoms with Crippen molar-refractivity contribution in [2.45, 2.75) is 179 Å². The van der Waals surface area contributed by atoms with Gasteiger partial charge in [0, 0.05) is 57.7 Å². The Balaban J connectivity index is 0.000000307. The molecule has 0 aromatic carbocycles. The molecule has 0 aromatic rings. The average molecular weight is 710 g/mol. The molecule has 2 unspecified atom stereocenters. The summed E-state index contributed by atoms with van der Waals surface area (Å²) in [6.07, 6.45) is 49.0. The van der Waals surface area contributed by atoms with Crippen molar-refractivity contribution in [2.24, 2.45) is 9.98 Å². The molecular weight excluding hydrogens is 638 g/mol. The van der Waals surface area contributed by atoms with Crippen LogP contribution < -0.4 is 0 Å². The summed E-state index contributed by atoms with van der Waals surface area (Å²) in [5.41, 5.74) is 0. The van der Waals surface area contributed by atoms with E-state index in [9.17, 15) is 0 Å². The van der Waals surface area contributed by atoms with Crippen LogP contribution in [0.3, 0.4) is 0 Å². The third-order valence-corrected chi connectivity index (χ3v) is 10.3. The van der Waals surface area contributed by atoms with Gasteiger partial charge in [-0.05, 0) is 154 Å². The van der Waals surface area contributed by atoms with Crippen LogP contribution in [0.25, 0.3) is 0 Å². The minimum absolute atomic E-state index is 0. The van der Waals surface area contributed by atoms with Gasteiger partial charge in [-0.1, -0.05) is 62.8 Å². The Morgan fingerprint density at radius 2 is 0.711 bits per heavy atom. The zero-order valence-electron chi connectivity index (χ0n) is 29.4. The van der Waals surface area contributed by atoms with Crippen molar-refractivity contribution >= 4 is 12.4 Å². The van der Waals surface area contributed by atoms with Gasteiger partial charge in [0.25, 0.3) is 0 Å². The van der Waals surface area contributed by atoms with Crippen LogP contribution in [0.5, 0.6) is 0 Å². The van der Waals surface area contributed by atoms with Gasteiger partial charge in [-0.25, -0.2) is 0 Å². The molecule has 4 nitrogen and oxygen atoms in total. The second-order valence-electron chi connectivity index (χ2n) is 14.0. The molecule has 0 spiro atoms. The van der Waals surface area contributed by atoms with Crippen LogP contribution in [0.15, 0.2) is 34.3 Å². The molecule has 5 heteroatoms. The van der Waals surface area contributed by atoms with Gasteiger partial charge >= 0.3 is 0 Å². The van der Waals surface area contributed by atoms with Gasteiger partial charge in [0.2, 0.25) is 0 Å². The molecule has 0 saturated carbocycles. The van der Waals surface area contributed by atoms with E-state index in [0.717, 1.165) is 25.2 Å². The maximum Gasteiger partial charge on any atom is 0.0397 e. The van der Waals surface area contributed by atoms with Gasteiger partial charge in [-0.15, -0.1) is 0 Å². The molecule has 2 aliphatic heterocycles. The number of hydrogen-bond donors (Lipinski definition) is 0. The number of nitrogens with zero attached hydrogens (tertiary/aromatic N) is 4. The van der Waals surface area contributed by atoms with Gasteiger partial charge in [-0.3, -0.25) is 9.98 Å². The Bertz CT molecular complexity index is 650. The quantitative estimate of drug-likeness (QED) is 0.211. The second kappa shape index (κ2) is 29.5. The van der Waals surface area contributed by atoms with Gasteiger partial charge in [0.1, 0.15) is 0 Å². The standard InChI is InChI=1S/2C20H36N2.Ru/c2*1-2-4-6-10-15-20(14-9-5-3-1)22-18-12-8-7-11-16-21-17-13-19-22;/h2*1,3,16,20H,2,4-15,17-19H2;. The smallest absolute Gasteiger partial charge is 0.0397 e. The van der Waals surface area contributed by atoms with Crippen molar-refractivity contribution in [1.82, 2.24) is 9.80 Å². The molecule has 2 heterocycles. The maximum atomic E-state index is 4.57. The molecule has 2 aliphatic carbocycles.